The number of aromatic nitrogens is 4. The first kappa shape index (κ1) is 20.4. The first-order valence-electron chi connectivity index (χ1n) is 10.7. The fourth-order valence-electron chi connectivity index (χ4n) is 4.06. The number of aliphatic hydroxyl groups is 1. The van der Waals surface area contributed by atoms with Crippen LogP contribution in [0.25, 0.3) is 16.9 Å². The van der Waals surface area contributed by atoms with Gasteiger partial charge in [0.05, 0.1) is 11.6 Å². The predicted molar refractivity (Wildman–Crippen MR) is 120 cm³/mol. The lowest BCUT2D eigenvalue weighted by Gasteiger charge is -2.31. The van der Waals surface area contributed by atoms with Crippen LogP contribution < -0.4 is 9.64 Å². The van der Waals surface area contributed by atoms with Gasteiger partial charge in [0, 0.05) is 36.9 Å². The first-order valence-corrected chi connectivity index (χ1v) is 10.7. The Kier molecular flexibility index (Phi) is 5.22. The summed E-state index contributed by atoms with van der Waals surface area (Å²) in [6, 6.07) is 10.7. The lowest BCUT2D eigenvalue weighted by molar-refractivity contribution is 0.145. The highest BCUT2D eigenvalue weighted by Crippen LogP contribution is 2.36. The van der Waals surface area contributed by atoms with Crippen LogP contribution in [0.15, 0.2) is 48.8 Å². The van der Waals surface area contributed by atoms with Crippen molar-refractivity contribution in [1.82, 2.24) is 19.7 Å². The summed E-state index contributed by atoms with van der Waals surface area (Å²) < 4.78 is 22.7. The van der Waals surface area contributed by atoms with Gasteiger partial charge in [-0.2, -0.15) is 10.1 Å². The molecule has 1 N–H and O–H groups in total. The molecule has 1 fully saturated rings. The Labute approximate surface area is 185 Å². The smallest absolute Gasteiger partial charge is 0.253 e. The Bertz CT molecular complexity index is 1250. The lowest BCUT2D eigenvalue weighted by atomic mass is 10.1. The van der Waals surface area contributed by atoms with E-state index in [2.05, 4.69) is 15.0 Å². The normalized spacial score (nSPS) is 14.8. The summed E-state index contributed by atoms with van der Waals surface area (Å²) >= 11 is 0. The molecule has 0 unspecified atom stereocenters. The van der Waals surface area contributed by atoms with E-state index in [0.29, 0.717) is 54.3 Å². The van der Waals surface area contributed by atoms with E-state index in [1.54, 1.807) is 29.2 Å². The van der Waals surface area contributed by atoms with Gasteiger partial charge in [-0.15, -0.1) is 0 Å². The summed E-state index contributed by atoms with van der Waals surface area (Å²) in [5, 5.41) is 14.9. The average molecular weight is 433 g/mol. The van der Waals surface area contributed by atoms with Gasteiger partial charge in [-0.1, -0.05) is 18.2 Å². The summed E-state index contributed by atoms with van der Waals surface area (Å²) in [5.74, 6) is 1.32. The van der Waals surface area contributed by atoms with Crippen LogP contribution in [0.5, 0.6) is 11.5 Å². The number of fused-ring (bicyclic) bond motifs is 1. The molecule has 1 aliphatic rings. The number of aryl methyl sites for hydroxylation is 2. The van der Waals surface area contributed by atoms with E-state index in [1.807, 2.05) is 32.0 Å². The van der Waals surface area contributed by atoms with Gasteiger partial charge in [-0.05, 0) is 49.9 Å². The minimum atomic E-state index is -0.495. The molecule has 164 valence electrons. The minimum absolute atomic E-state index is 0.128. The van der Waals surface area contributed by atoms with Crippen LogP contribution in [0.3, 0.4) is 0 Å². The fraction of sp³-hybridized carbons (Fsp3) is 0.292. The third-order valence-corrected chi connectivity index (χ3v) is 5.81. The number of benzene rings is 2. The molecule has 2 aromatic carbocycles. The van der Waals surface area contributed by atoms with Crippen LogP contribution >= 0.6 is 0 Å². The summed E-state index contributed by atoms with van der Waals surface area (Å²) in [4.78, 5) is 11.4. The van der Waals surface area contributed by atoms with E-state index < -0.39 is 5.82 Å². The maximum absolute atomic E-state index is 15.1. The number of para-hydroxylation sites is 1. The van der Waals surface area contributed by atoms with Crippen molar-refractivity contribution >= 4 is 16.7 Å². The highest BCUT2D eigenvalue weighted by molar-refractivity contribution is 5.91. The quantitative estimate of drug-likeness (QED) is 0.516. The molecule has 4 aromatic rings. The Morgan fingerprint density at radius 3 is 2.50 bits per heavy atom. The number of halogens is 1. The number of piperidine rings is 1. The van der Waals surface area contributed by atoms with Gasteiger partial charge in [0.1, 0.15) is 11.6 Å². The monoisotopic (exact) mass is 433 g/mol. The van der Waals surface area contributed by atoms with E-state index in [1.165, 1.54) is 6.07 Å². The molecule has 1 aliphatic heterocycles. The van der Waals surface area contributed by atoms with E-state index >= 15 is 4.39 Å². The van der Waals surface area contributed by atoms with Crippen molar-refractivity contribution in [2.45, 2.75) is 32.8 Å². The van der Waals surface area contributed by atoms with Crippen molar-refractivity contribution in [1.29, 1.82) is 0 Å². The van der Waals surface area contributed by atoms with Gasteiger partial charge < -0.3 is 14.7 Å². The van der Waals surface area contributed by atoms with Crippen molar-refractivity contribution in [3.8, 4) is 17.4 Å². The topological polar surface area (TPSA) is 76.3 Å². The number of rotatable bonds is 4. The van der Waals surface area contributed by atoms with Crippen molar-refractivity contribution in [3.05, 3.63) is 65.7 Å². The molecule has 0 spiro atoms. The number of hydrogen-bond acceptors (Lipinski definition) is 6. The van der Waals surface area contributed by atoms with Crippen LogP contribution in [0, 0.1) is 19.7 Å². The Morgan fingerprint density at radius 1 is 1.06 bits per heavy atom. The molecule has 0 aliphatic carbocycles. The minimum Gasteiger partial charge on any atom is -0.454 e. The van der Waals surface area contributed by atoms with E-state index in [9.17, 15) is 5.11 Å². The van der Waals surface area contributed by atoms with Gasteiger partial charge >= 0.3 is 0 Å². The van der Waals surface area contributed by atoms with Crippen molar-refractivity contribution < 1.29 is 14.2 Å². The van der Waals surface area contributed by atoms with Crippen molar-refractivity contribution in [3.63, 3.8) is 0 Å². The number of anilines is 1. The fourth-order valence-corrected chi connectivity index (χ4v) is 4.06. The zero-order chi connectivity index (χ0) is 22.2. The van der Waals surface area contributed by atoms with Crippen LogP contribution in [0.4, 0.5) is 10.2 Å². The van der Waals surface area contributed by atoms with Crippen LogP contribution in [-0.2, 0) is 0 Å². The second-order valence-corrected chi connectivity index (χ2v) is 8.14. The predicted octanol–water partition coefficient (Wildman–Crippen LogP) is 4.32. The molecule has 7 nitrogen and oxygen atoms in total. The maximum atomic E-state index is 15.1. The van der Waals surface area contributed by atoms with E-state index in [0.717, 1.165) is 11.1 Å². The van der Waals surface area contributed by atoms with Gasteiger partial charge in [0.15, 0.2) is 11.6 Å². The highest BCUT2D eigenvalue weighted by atomic mass is 19.1. The number of aliphatic hydroxyl groups excluding tert-OH is 1. The average Bonchev–Trinajstić information content (AvgIpc) is 3.31. The largest absolute Gasteiger partial charge is 0.454 e. The molecular weight excluding hydrogens is 409 g/mol. The highest BCUT2D eigenvalue weighted by Gasteiger charge is 2.23. The Hall–Kier alpha value is -3.52. The van der Waals surface area contributed by atoms with Gasteiger partial charge in [0.2, 0.25) is 0 Å². The first-order chi connectivity index (χ1) is 15.5. The van der Waals surface area contributed by atoms with Gasteiger partial charge in [-0.3, -0.25) is 0 Å². The van der Waals surface area contributed by atoms with Gasteiger partial charge in [-0.25, -0.2) is 14.1 Å². The van der Waals surface area contributed by atoms with Crippen molar-refractivity contribution in [2.75, 3.05) is 18.0 Å². The van der Waals surface area contributed by atoms with E-state index in [-0.39, 0.29) is 11.9 Å². The Morgan fingerprint density at radius 2 is 1.81 bits per heavy atom. The maximum Gasteiger partial charge on any atom is 0.253 e. The SMILES string of the molecule is Cc1cccc(C)c1Oc1cc2c(N3CCC(O)CC3)nc(-n3cccn3)nc2cc1F. The standard InChI is InChI=1S/C24H24FN5O2/c1-15-5-3-6-16(2)22(15)32-21-13-18-20(14-19(21)25)27-24(30-10-4-9-26-30)28-23(18)29-11-7-17(31)8-12-29/h3-6,9-10,13-14,17,31H,7-8,11-12H2,1-2H3. The molecular formula is C24H24FN5O2. The molecule has 0 atom stereocenters. The molecule has 32 heavy (non-hydrogen) atoms. The molecule has 0 amide bonds. The third kappa shape index (κ3) is 3.78. The molecule has 5 rings (SSSR count). The summed E-state index contributed by atoms with van der Waals surface area (Å²) in [6.07, 6.45) is 4.38. The third-order valence-electron chi connectivity index (χ3n) is 5.81. The summed E-state index contributed by atoms with van der Waals surface area (Å²) in [7, 11) is 0. The second-order valence-electron chi connectivity index (χ2n) is 8.14. The molecule has 3 heterocycles. The molecule has 1 saturated heterocycles. The van der Waals surface area contributed by atoms with Crippen LogP contribution in [0.1, 0.15) is 24.0 Å². The zero-order valence-corrected chi connectivity index (χ0v) is 18.0. The summed E-state index contributed by atoms with van der Waals surface area (Å²) in [6.45, 7) is 5.17. The Balaban J connectivity index is 1.65. The molecule has 8 heteroatoms. The van der Waals surface area contributed by atoms with Gasteiger partial charge in [0.25, 0.3) is 5.95 Å². The molecule has 0 bridgehead atoms. The number of ether oxygens (including phenoxy) is 1. The molecule has 0 saturated carbocycles. The van der Waals surface area contributed by atoms with Crippen molar-refractivity contribution in [2.24, 2.45) is 0 Å². The number of hydrogen-bond donors (Lipinski definition) is 1. The number of nitrogens with zero attached hydrogens (tertiary/aromatic N) is 5. The second kappa shape index (κ2) is 8.20. The summed E-state index contributed by atoms with van der Waals surface area (Å²) in [5.41, 5.74) is 2.33. The lowest BCUT2D eigenvalue weighted by Crippen LogP contribution is -2.36. The van der Waals surface area contributed by atoms with Crippen LogP contribution in [0.2, 0.25) is 0 Å². The zero-order valence-electron chi connectivity index (χ0n) is 18.0. The van der Waals surface area contributed by atoms with Crippen LogP contribution in [-0.4, -0.2) is 44.0 Å². The molecule has 2 aromatic heterocycles. The molecule has 0 radical (unpaired) electrons. The van der Waals surface area contributed by atoms with E-state index in [4.69, 9.17) is 9.72 Å².